The van der Waals surface area contributed by atoms with Crippen LogP contribution in [0.1, 0.15) is 29.2 Å². The van der Waals surface area contributed by atoms with Crippen LogP contribution < -0.4 is 4.72 Å². The van der Waals surface area contributed by atoms with Crippen molar-refractivity contribution >= 4 is 11.0 Å². The van der Waals surface area contributed by atoms with Crippen LogP contribution in [0, 0.1) is 0 Å². The molecule has 1 N–H and O–H groups in total. The van der Waals surface area contributed by atoms with Gasteiger partial charge in [-0.05, 0) is 47.6 Å². The zero-order valence-corrected chi connectivity index (χ0v) is 16.3. The number of nitrogens with zero attached hydrogens (tertiary/aromatic N) is 1. The van der Waals surface area contributed by atoms with Gasteiger partial charge in [0.15, 0.2) is 0 Å². The van der Waals surface area contributed by atoms with Crippen LogP contribution in [0.3, 0.4) is 0 Å². The summed E-state index contributed by atoms with van der Waals surface area (Å²) >= 11 is 0. The fourth-order valence-corrected chi connectivity index (χ4v) is 4.76. The summed E-state index contributed by atoms with van der Waals surface area (Å²) in [4.78, 5) is 4.70. The van der Waals surface area contributed by atoms with Gasteiger partial charge in [-0.3, -0.25) is 4.98 Å². The summed E-state index contributed by atoms with van der Waals surface area (Å²) < 4.78 is 15.1. The molecule has 4 heteroatoms. The van der Waals surface area contributed by atoms with Crippen molar-refractivity contribution in [1.82, 2.24) is 9.71 Å². The summed E-state index contributed by atoms with van der Waals surface area (Å²) in [6, 6.07) is 23.6. The molecule has 4 rings (SSSR count). The molecule has 2 aromatic carbocycles. The first kappa shape index (κ1) is 18.1. The van der Waals surface area contributed by atoms with Gasteiger partial charge in [-0.2, -0.15) is 0 Å². The minimum Gasteiger partial charge on any atom is -0.261 e. The van der Waals surface area contributed by atoms with E-state index in [-0.39, 0.29) is 12.0 Å². The van der Waals surface area contributed by atoms with E-state index in [0.29, 0.717) is 0 Å². The smallest absolute Gasteiger partial charge is 0.0886 e. The third-order valence-corrected chi connectivity index (χ3v) is 5.93. The Bertz CT molecular complexity index is 942. The SMILES string of the molecule is CS(=O)NC1CCc2cccnc2C1Cc1cccc(-c2ccccc2)c1. The van der Waals surface area contributed by atoms with Crippen LogP contribution in [0.15, 0.2) is 72.9 Å². The summed E-state index contributed by atoms with van der Waals surface area (Å²) in [5.74, 6) is 0.227. The summed E-state index contributed by atoms with van der Waals surface area (Å²) in [7, 11) is -1.03. The molecule has 0 spiro atoms. The fraction of sp³-hybridized carbons (Fsp3) is 0.261. The van der Waals surface area contributed by atoms with Crippen molar-refractivity contribution in [2.75, 3.05) is 6.26 Å². The van der Waals surface area contributed by atoms with Crippen molar-refractivity contribution in [3.05, 3.63) is 89.7 Å². The van der Waals surface area contributed by atoms with Crippen LogP contribution in [0.5, 0.6) is 0 Å². The molecule has 0 bridgehead atoms. The Balaban J connectivity index is 1.66. The first-order valence-electron chi connectivity index (χ1n) is 9.38. The number of pyridine rings is 1. The van der Waals surface area contributed by atoms with Crippen molar-refractivity contribution in [3.8, 4) is 11.1 Å². The molecule has 0 saturated carbocycles. The number of aromatic nitrogens is 1. The maximum absolute atomic E-state index is 11.8. The van der Waals surface area contributed by atoms with Gasteiger partial charge < -0.3 is 0 Å². The second-order valence-corrected chi connectivity index (χ2v) is 8.29. The second-order valence-electron chi connectivity index (χ2n) is 7.14. The van der Waals surface area contributed by atoms with E-state index < -0.39 is 11.0 Å². The molecule has 3 nitrogen and oxygen atoms in total. The molecule has 27 heavy (non-hydrogen) atoms. The van der Waals surface area contributed by atoms with Crippen molar-refractivity contribution in [1.29, 1.82) is 0 Å². The minimum atomic E-state index is -1.03. The van der Waals surface area contributed by atoms with Gasteiger partial charge in [0, 0.05) is 30.1 Å². The third kappa shape index (κ3) is 4.18. The molecule has 0 fully saturated rings. The van der Waals surface area contributed by atoms with E-state index in [1.165, 1.54) is 22.3 Å². The van der Waals surface area contributed by atoms with E-state index in [9.17, 15) is 4.21 Å². The molecule has 0 radical (unpaired) electrons. The van der Waals surface area contributed by atoms with E-state index in [1.807, 2.05) is 18.3 Å². The Morgan fingerprint density at radius 2 is 1.85 bits per heavy atom. The van der Waals surface area contributed by atoms with E-state index in [0.717, 1.165) is 25.0 Å². The predicted octanol–water partition coefficient (Wildman–Crippen LogP) is 4.27. The maximum atomic E-state index is 11.8. The van der Waals surface area contributed by atoms with Gasteiger partial charge in [0.2, 0.25) is 0 Å². The standard InChI is InChI=1S/C23H24N2OS/c1-27(26)25-22-13-12-19-11-6-14-24-23(19)21(22)16-17-7-5-10-20(15-17)18-8-3-2-4-9-18/h2-11,14-15,21-22,25H,12-13,16H2,1H3. The maximum Gasteiger partial charge on any atom is 0.0886 e. The summed E-state index contributed by atoms with van der Waals surface area (Å²) in [5, 5.41) is 0. The zero-order valence-electron chi connectivity index (χ0n) is 15.5. The topological polar surface area (TPSA) is 42.0 Å². The van der Waals surface area contributed by atoms with Gasteiger partial charge in [0.1, 0.15) is 0 Å². The van der Waals surface area contributed by atoms with Gasteiger partial charge in [-0.1, -0.05) is 60.7 Å². The molecule has 1 aromatic heterocycles. The van der Waals surface area contributed by atoms with Crippen molar-refractivity contribution in [2.45, 2.75) is 31.2 Å². The molecule has 0 aliphatic heterocycles. The molecule has 3 unspecified atom stereocenters. The lowest BCUT2D eigenvalue weighted by molar-refractivity contribution is 0.430. The first-order chi connectivity index (χ1) is 13.2. The number of benzene rings is 2. The molecule has 0 amide bonds. The molecule has 3 atom stereocenters. The van der Waals surface area contributed by atoms with Crippen LogP contribution in [0.4, 0.5) is 0 Å². The van der Waals surface area contributed by atoms with Crippen molar-refractivity contribution < 1.29 is 4.21 Å². The zero-order chi connectivity index (χ0) is 18.6. The molecular formula is C23H24N2OS. The number of fused-ring (bicyclic) bond motifs is 1. The molecule has 3 aromatic rings. The quantitative estimate of drug-likeness (QED) is 0.722. The van der Waals surface area contributed by atoms with Gasteiger partial charge in [-0.25, -0.2) is 8.93 Å². The monoisotopic (exact) mass is 376 g/mol. The lowest BCUT2D eigenvalue weighted by Crippen LogP contribution is -2.40. The summed E-state index contributed by atoms with van der Waals surface area (Å²) in [5.41, 5.74) is 6.21. The molecule has 1 aliphatic rings. The molecule has 0 saturated heterocycles. The van der Waals surface area contributed by atoms with E-state index in [1.54, 1.807) is 6.26 Å². The number of nitrogens with one attached hydrogen (secondary N) is 1. The third-order valence-electron chi connectivity index (χ3n) is 5.29. The summed E-state index contributed by atoms with van der Waals surface area (Å²) in [6.07, 6.45) is 6.44. The highest BCUT2D eigenvalue weighted by atomic mass is 32.2. The molecular weight excluding hydrogens is 352 g/mol. The van der Waals surface area contributed by atoms with Gasteiger partial charge in [-0.15, -0.1) is 0 Å². The van der Waals surface area contributed by atoms with Crippen LogP contribution in [0.25, 0.3) is 11.1 Å². The largest absolute Gasteiger partial charge is 0.261 e. The van der Waals surface area contributed by atoms with Gasteiger partial charge in [0.25, 0.3) is 0 Å². The lowest BCUT2D eigenvalue weighted by atomic mass is 9.79. The number of hydrogen-bond donors (Lipinski definition) is 1. The average molecular weight is 377 g/mol. The van der Waals surface area contributed by atoms with Crippen LogP contribution in [0.2, 0.25) is 0 Å². The Hall–Kier alpha value is -2.30. The Morgan fingerprint density at radius 1 is 1.04 bits per heavy atom. The van der Waals surface area contributed by atoms with Gasteiger partial charge >= 0.3 is 0 Å². The average Bonchev–Trinajstić information content (AvgIpc) is 2.70. The van der Waals surface area contributed by atoms with E-state index >= 15 is 0 Å². The fourth-order valence-electron chi connectivity index (χ4n) is 4.05. The Morgan fingerprint density at radius 3 is 2.67 bits per heavy atom. The van der Waals surface area contributed by atoms with Crippen molar-refractivity contribution in [3.63, 3.8) is 0 Å². The van der Waals surface area contributed by atoms with E-state index in [4.69, 9.17) is 4.98 Å². The van der Waals surface area contributed by atoms with Crippen LogP contribution in [-0.2, 0) is 23.8 Å². The highest BCUT2D eigenvalue weighted by Gasteiger charge is 2.31. The van der Waals surface area contributed by atoms with Gasteiger partial charge in [0.05, 0.1) is 11.0 Å². The summed E-state index contributed by atoms with van der Waals surface area (Å²) in [6.45, 7) is 0. The molecule has 138 valence electrons. The highest BCUT2D eigenvalue weighted by Crippen LogP contribution is 2.34. The normalized spacial score (nSPS) is 20.0. The number of aryl methyl sites for hydroxylation is 1. The highest BCUT2D eigenvalue weighted by molar-refractivity contribution is 7.82. The van der Waals surface area contributed by atoms with Crippen LogP contribution in [-0.4, -0.2) is 21.5 Å². The molecule has 1 heterocycles. The molecule has 1 aliphatic carbocycles. The minimum absolute atomic E-state index is 0.179. The number of hydrogen-bond acceptors (Lipinski definition) is 2. The van der Waals surface area contributed by atoms with Crippen molar-refractivity contribution in [2.24, 2.45) is 0 Å². The van der Waals surface area contributed by atoms with Crippen LogP contribution >= 0.6 is 0 Å². The van der Waals surface area contributed by atoms with E-state index in [2.05, 4.69) is 59.3 Å². The number of rotatable bonds is 5. The first-order valence-corrected chi connectivity index (χ1v) is 10.9. The Labute approximate surface area is 163 Å². The lowest BCUT2D eigenvalue weighted by Gasteiger charge is -2.33. The second kappa shape index (κ2) is 8.15. The predicted molar refractivity (Wildman–Crippen MR) is 112 cm³/mol. The Kier molecular flexibility index (Phi) is 5.46.